The van der Waals surface area contributed by atoms with Crippen LogP contribution in [0.5, 0.6) is 0 Å². The number of rotatable bonds is 4. The van der Waals surface area contributed by atoms with Gasteiger partial charge in [0.2, 0.25) is 0 Å². The van der Waals surface area contributed by atoms with Gasteiger partial charge in [-0.1, -0.05) is 70.7 Å². The van der Waals surface area contributed by atoms with Crippen LogP contribution in [-0.2, 0) is 0 Å². The number of ketones is 1. The first-order valence-corrected chi connectivity index (χ1v) is 14.1. The highest BCUT2D eigenvalue weighted by Gasteiger charge is 2.70. The summed E-state index contributed by atoms with van der Waals surface area (Å²) in [6.07, 6.45) is 13.8. The summed E-state index contributed by atoms with van der Waals surface area (Å²) >= 11 is 0. The Hall–Kier alpha value is -1.83. The molecule has 0 amide bonds. The Kier molecular flexibility index (Phi) is 5.21. The van der Waals surface area contributed by atoms with Crippen molar-refractivity contribution in [2.75, 3.05) is 11.4 Å². The second kappa shape index (κ2) is 7.84. The normalized spacial score (nSPS) is 34.8. The van der Waals surface area contributed by atoms with Gasteiger partial charge in [0.25, 0.3) is 0 Å². The Bertz CT molecular complexity index is 1090. The molecule has 34 heavy (non-hydrogen) atoms. The third-order valence-corrected chi connectivity index (χ3v) is 10.9. The zero-order valence-corrected chi connectivity index (χ0v) is 22.0. The van der Waals surface area contributed by atoms with Gasteiger partial charge in [-0.15, -0.1) is 0 Å². The number of hydrogen-bond donors (Lipinski definition) is 0. The van der Waals surface area contributed by atoms with Crippen LogP contribution in [0.25, 0.3) is 0 Å². The first-order valence-electron chi connectivity index (χ1n) is 14.1. The lowest BCUT2D eigenvalue weighted by Crippen LogP contribution is -2.42. The third kappa shape index (κ3) is 3.02. The van der Waals surface area contributed by atoms with Crippen molar-refractivity contribution < 1.29 is 4.79 Å². The van der Waals surface area contributed by atoms with Crippen LogP contribution in [0.15, 0.2) is 41.0 Å². The second-order valence-electron chi connectivity index (χ2n) is 12.8. The monoisotopic (exact) mass is 457 g/mol. The van der Waals surface area contributed by atoms with E-state index in [1.54, 1.807) is 22.3 Å². The molecule has 1 aromatic rings. The lowest BCUT2D eigenvalue weighted by atomic mass is 9.70. The van der Waals surface area contributed by atoms with Gasteiger partial charge in [0, 0.05) is 41.0 Å². The van der Waals surface area contributed by atoms with E-state index in [-0.39, 0.29) is 5.78 Å². The predicted molar refractivity (Wildman–Crippen MR) is 142 cm³/mol. The molecule has 1 aromatic carbocycles. The highest BCUT2D eigenvalue weighted by molar-refractivity contribution is 5.97. The SMILES string of the molecule is CCC(=O)c1ccc2c(c1)N1C[C@@]3(C(C)C)C[C@@]3(C)C3=C(CCC(C)=C3)C1[C@H]2C1CCCCC1. The highest BCUT2D eigenvalue weighted by Crippen LogP contribution is 2.75. The van der Waals surface area contributed by atoms with Gasteiger partial charge in [0.1, 0.15) is 0 Å². The van der Waals surface area contributed by atoms with E-state index in [0.717, 1.165) is 18.0 Å². The molecule has 0 saturated heterocycles. The summed E-state index contributed by atoms with van der Waals surface area (Å²) in [5, 5.41) is 0. The average molecular weight is 458 g/mol. The lowest BCUT2D eigenvalue weighted by molar-refractivity contribution is 0.0988. The Morgan fingerprint density at radius 3 is 2.62 bits per heavy atom. The molecule has 0 spiro atoms. The fraction of sp³-hybridized carbons (Fsp3) is 0.656. The molecule has 2 fully saturated rings. The van der Waals surface area contributed by atoms with Crippen LogP contribution < -0.4 is 4.90 Å². The van der Waals surface area contributed by atoms with E-state index in [2.05, 4.69) is 56.9 Å². The molecule has 6 rings (SSSR count). The molecule has 0 radical (unpaired) electrons. The van der Waals surface area contributed by atoms with Gasteiger partial charge in [0.15, 0.2) is 5.78 Å². The van der Waals surface area contributed by atoms with E-state index in [1.165, 1.54) is 57.1 Å². The van der Waals surface area contributed by atoms with Gasteiger partial charge in [0.05, 0.1) is 6.04 Å². The Morgan fingerprint density at radius 2 is 1.91 bits per heavy atom. The summed E-state index contributed by atoms with van der Waals surface area (Å²) in [5.41, 5.74) is 9.52. The zero-order valence-electron chi connectivity index (χ0n) is 22.0. The summed E-state index contributed by atoms with van der Waals surface area (Å²) in [6, 6.07) is 7.29. The van der Waals surface area contributed by atoms with Crippen LogP contribution >= 0.6 is 0 Å². The van der Waals surface area contributed by atoms with Crippen molar-refractivity contribution in [3.8, 4) is 0 Å². The minimum absolute atomic E-state index is 0.279. The highest BCUT2D eigenvalue weighted by atomic mass is 16.1. The Labute approximate surface area is 206 Å². The van der Waals surface area contributed by atoms with E-state index in [4.69, 9.17) is 0 Å². The second-order valence-corrected chi connectivity index (χ2v) is 12.8. The molecule has 0 bridgehead atoms. The largest absolute Gasteiger partial charge is 0.363 e. The summed E-state index contributed by atoms with van der Waals surface area (Å²) in [7, 11) is 0. The number of benzene rings is 1. The summed E-state index contributed by atoms with van der Waals surface area (Å²) in [4.78, 5) is 15.6. The lowest BCUT2D eigenvalue weighted by Gasteiger charge is -2.39. The number of fused-ring (bicyclic) bond motifs is 6. The molecule has 5 aliphatic rings. The van der Waals surface area contributed by atoms with E-state index >= 15 is 0 Å². The molecule has 0 N–H and O–H groups in total. The summed E-state index contributed by atoms with van der Waals surface area (Å²) < 4.78 is 0. The standard InChI is InChI=1S/C32H43NO/c1-6-28(34)23-13-15-25-27(17-23)33-19-32(20(2)3)18-31(32,5)26-16-21(4)12-14-24(26)30(33)29(25)22-10-8-7-9-11-22/h13,15-17,20,22,29-30H,6-12,14,18-19H2,1-5H3/t29-,30?,31-,32+/m0/s1. The molecule has 0 aromatic heterocycles. The van der Waals surface area contributed by atoms with Gasteiger partial charge >= 0.3 is 0 Å². The maximum Gasteiger partial charge on any atom is 0.162 e. The molecule has 2 saturated carbocycles. The minimum Gasteiger partial charge on any atom is -0.363 e. The molecule has 3 aliphatic carbocycles. The van der Waals surface area contributed by atoms with Crippen LogP contribution in [-0.4, -0.2) is 18.4 Å². The topological polar surface area (TPSA) is 20.3 Å². The minimum atomic E-state index is 0.279. The molecule has 2 heterocycles. The van der Waals surface area contributed by atoms with Gasteiger partial charge in [-0.25, -0.2) is 0 Å². The Morgan fingerprint density at radius 1 is 1.15 bits per heavy atom. The van der Waals surface area contributed by atoms with Gasteiger partial charge < -0.3 is 4.90 Å². The molecular formula is C32H43NO. The van der Waals surface area contributed by atoms with Gasteiger partial charge in [-0.05, 0) is 73.6 Å². The summed E-state index contributed by atoms with van der Waals surface area (Å²) in [5.74, 6) is 2.29. The van der Waals surface area contributed by atoms with Crippen molar-refractivity contribution in [3.63, 3.8) is 0 Å². The van der Waals surface area contributed by atoms with Crippen molar-refractivity contribution in [1.29, 1.82) is 0 Å². The van der Waals surface area contributed by atoms with E-state index in [1.807, 2.05) is 6.92 Å². The summed E-state index contributed by atoms with van der Waals surface area (Å²) in [6.45, 7) is 13.0. The molecule has 2 nitrogen and oxygen atoms in total. The van der Waals surface area contributed by atoms with Gasteiger partial charge in [-0.3, -0.25) is 4.79 Å². The molecule has 182 valence electrons. The van der Waals surface area contributed by atoms with Crippen molar-refractivity contribution in [2.45, 2.75) is 104 Å². The van der Waals surface area contributed by atoms with E-state index in [0.29, 0.717) is 35.1 Å². The molecular weight excluding hydrogens is 414 g/mol. The molecule has 2 aliphatic heterocycles. The molecule has 4 atom stereocenters. The quantitative estimate of drug-likeness (QED) is 0.424. The first-order chi connectivity index (χ1) is 16.3. The van der Waals surface area contributed by atoms with Crippen LogP contribution in [0.3, 0.4) is 0 Å². The number of carbonyl (C=O) groups is 1. The van der Waals surface area contributed by atoms with Crippen molar-refractivity contribution >= 4 is 11.5 Å². The van der Waals surface area contributed by atoms with Crippen LogP contribution in [0, 0.1) is 22.7 Å². The van der Waals surface area contributed by atoms with E-state index in [9.17, 15) is 4.79 Å². The van der Waals surface area contributed by atoms with Crippen LogP contribution in [0.2, 0.25) is 0 Å². The predicted octanol–water partition coefficient (Wildman–Crippen LogP) is 8.23. The van der Waals surface area contributed by atoms with Gasteiger partial charge in [-0.2, -0.15) is 0 Å². The van der Waals surface area contributed by atoms with Crippen molar-refractivity contribution in [2.24, 2.45) is 22.7 Å². The first kappa shape index (κ1) is 22.6. The number of hydrogen-bond acceptors (Lipinski definition) is 2. The van der Waals surface area contributed by atoms with Crippen molar-refractivity contribution in [3.05, 3.63) is 52.1 Å². The maximum atomic E-state index is 12.7. The van der Waals surface area contributed by atoms with Crippen LogP contribution in [0.1, 0.15) is 114 Å². The average Bonchev–Trinajstić information content (AvgIpc) is 3.37. The maximum absolute atomic E-state index is 12.7. The zero-order chi connectivity index (χ0) is 23.8. The fourth-order valence-corrected chi connectivity index (χ4v) is 8.77. The van der Waals surface area contributed by atoms with Crippen LogP contribution in [0.4, 0.5) is 5.69 Å². The number of Topliss-reactive ketones (excluding diaryl/α,β-unsaturated/α-hetero) is 1. The van der Waals surface area contributed by atoms with Crippen molar-refractivity contribution in [1.82, 2.24) is 0 Å². The molecule has 2 heteroatoms. The smallest absolute Gasteiger partial charge is 0.162 e. The third-order valence-electron chi connectivity index (χ3n) is 10.9. The number of carbonyl (C=O) groups excluding carboxylic acids is 1. The Balaban J connectivity index is 1.56. The number of anilines is 1. The fourth-order valence-electron chi connectivity index (χ4n) is 8.77. The number of allylic oxidation sites excluding steroid dienone is 3. The number of nitrogens with zero attached hydrogens (tertiary/aromatic N) is 1. The molecule has 1 unspecified atom stereocenters. The van der Waals surface area contributed by atoms with E-state index < -0.39 is 0 Å².